The summed E-state index contributed by atoms with van der Waals surface area (Å²) in [6, 6.07) is 12.0. The molecule has 3 aliphatic rings. The third kappa shape index (κ3) is 5.49. The standard InChI is InChI=1S/C36H41N5O5S/c1-21-31(36(43)44)33(41(37-21)26-11-8-12-26)25-17-24-18-27(46-4)14-16-28(24)34-32(22-9-6-5-7-10-22)29-15-13-23(19-30(29)40(34)20-25)35(42)38-47(45)39(2)3/h13-19,22,26H,5-12,20H2,1-4H3,(H,38,42)(H,43,44). The van der Waals surface area contributed by atoms with Gasteiger partial charge in [0.15, 0.2) is 11.2 Å². The molecule has 10 nitrogen and oxygen atoms in total. The van der Waals surface area contributed by atoms with Gasteiger partial charge < -0.3 is 14.4 Å². The van der Waals surface area contributed by atoms with Gasteiger partial charge in [-0.1, -0.05) is 25.3 Å². The second kappa shape index (κ2) is 12.4. The Balaban J connectivity index is 1.50. The van der Waals surface area contributed by atoms with Gasteiger partial charge in [0.05, 0.1) is 36.8 Å². The van der Waals surface area contributed by atoms with Crippen LogP contribution in [0.4, 0.5) is 0 Å². The van der Waals surface area contributed by atoms with Gasteiger partial charge in [0.1, 0.15) is 11.3 Å². The molecule has 246 valence electrons. The number of carboxylic acid groups (broad SMARTS) is 1. The molecule has 1 aliphatic heterocycles. The number of nitrogens with one attached hydrogen (secondary N) is 1. The zero-order valence-electron chi connectivity index (χ0n) is 27.3. The van der Waals surface area contributed by atoms with Crippen molar-refractivity contribution in [2.24, 2.45) is 0 Å². The fourth-order valence-electron chi connectivity index (χ4n) is 7.56. The van der Waals surface area contributed by atoms with E-state index in [0.717, 1.165) is 84.0 Å². The van der Waals surface area contributed by atoms with E-state index in [2.05, 4.69) is 21.4 Å². The SMILES string of the molecule is COc1ccc2c(c1)C=C(c1c(C(=O)O)c(C)nn1C1CCC1)Cn1c-2c(C2CCCCC2)c2ccc(C(=O)NS(=O)N(C)C)cc21. The average Bonchev–Trinajstić information content (AvgIpc) is 3.47. The molecule has 1 amide bonds. The van der Waals surface area contributed by atoms with E-state index in [0.29, 0.717) is 29.4 Å². The van der Waals surface area contributed by atoms with Crippen LogP contribution in [0.5, 0.6) is 5.75 Å². The molecule has 2 aliphatic carbocycles. The Bertz CT molecular complexity index is 1960. The van der Waals surface area contributed by atoms with Gasteiger partial charge in [-0.3, -0.25) is 14.2 Å². The third-order valence-corrected chi connectivity index (χ3v) is 11.1. The molecular formula is C36H41N5O5S. The molecule has 7 rings (SSSR count). The maximum Gasteiger partial charge on any atom is 0.339 e. The van der Waals surface area contributed by atoms with Crippen LogP contribution >= 0.6 is 0 Å². The maximum absolute atomic E-state index is 13.3. The number of hydrogen-bond donors (Lipinski definition) is 2. The van der Waals surface area contributed by atoms with E-state index in [1.54, 1.807) is 28.1 Å². The first-order valence-electron chi connectivity index (χ1n) is 16.4. The topological polar surface area (TPSA) is 119 Å². The van der Waals surface area contributed by atoms with Crippen LogP contribution in [0.25, 0.3) is 33.8 Å². The summed E-state index contributed by atoms with van der Waals surface area (Å²) in [5, 5.41) is 16.4. The number of rotatable bonds is 8. The van der Waals surface area contributed by atoms with Gasteiger partial charge in [-0.2, -0.15) is 5.10 Å². The Labute approximate surface area is 277 Å². The summed E-state index contributed by atoms with van der Waals surface area (Å²) in [5.74, 6) is -0.349. The van der Waals surface area contributed by atoms with E-state index in [1.165, 1.54) is 16.3 Å². The van der Waals surface area contributed by atoms with E-state index >= 15 is 0 Å². The number of allylic oxidation sites excluding steroid dienone is 1. The van der Waals surface area contributed by atoms with Gasteiger partial charge in [0, 0.05) is 36.1 Å². The third-order valence-electron chi connectivity index (χ3n) is 10.1. The highest BCUT2D eigenvalue weighted by atomic mass is 32.2. The second-order valence-corrected chi connectivity index (χ2v) is 14.6. The summed E-state index contributed by atoms with van der Waals surface area (Å²) < 4.78 is 26.4. The van der Waals surface area contributed by atoms with E-state index in [-0.39, 0.29) is 11.6 Å². The number of carboxylic acids is 1. The van der Waals surface area contributed by atoms with Crippen LogP contribution in [0, 0.1) is 6.92 Å². The maximum atomic E-state index is 13.3. The smallest absolute Gasteiger partial charge is 0.339 e. The number of aromatic carboxylic acids is 1. The number of carbonyl (C=O) groups is 2. The Morgan fingerprint density at radius 1 is 1.02 bits per heavy atom. The number of aromatic nitrogens is 3. The van der Waals surface area contributed by atoms with Crippen molar-refractivity contribution in [2.45, 2.75) is 76.8 Å². The highest BCUT2D eigenvalue weighted by molar-refractivity contribution is 7.81. The van der Waals surface area contributed by atoms with Gasteiger partial charge in [-0.25, -0.2) is 13.3 Å². The van der Waals surface area contributed by atoms with Gasteiger partial charge in [0.25, 0.3) is 5.91 Å². The van der Waals surface area contributed by atoms with Crippen LogP contribution in [-0.4, -0.2) is 61.0 Å². The molecule has 4 aromatic rings. The first-order valence-corrected chi connectivity index (χ1v) is 17.5. The number of aryl methyl sites for hydroxylation is 1. The first-order chi connectivity index (χ1) is 22.7. The van der Waals surface area contributed by atoms with Crippen molar-refractivity contribution in [3.63, 3.8) is 0 Å². The fourth-order valence-corrected chi connectivity index (χ4v) is 8.02. The summed E-state index contributed by atoms with van der Waals surface area (Å²) in [7, 11) is 4.94. The normalized spacial score (nSPS) is 17.4. The van der Waals surface area contributed by atoms with Crippen molar-refractivity contribution in [1.29, 1.82) is 0 Å². The van der Waals surface area contributed by atoms with Crippen LogP contribution in [-0.2, 0) is 17.7 Å². The first kappa shape index (κ1) is 31.4. The lowest BCUT2D eigenvalue weighted by atomic mass is 9.81. The lowest BCUT2D eigenvalue weighted by molar-refractivity contribution is 0.0695. The van der Waals surface area contributed by atoms with Crippen molar-refractivity contribution in [1.82, 2.24) is 23.4 Å². The number of carbonyl (C=O) groups excluding carboxylic acids is 1. The molecule has 1 unspecified atom stereocenters. The minimum absolute atomic E-state index is 0.150. The summed E-state index contributed by atoms with van der Waals surface area (Å²) in [5.41, 5.74) is 7.87. The molecule has 2 aromatic heterocycles. The van der Waals surface area contributed by atoms with E-state index in [1.807, 2.05) is 35.0 Å². The fraction of sp³-hybridized carbons (Fsp3) is 0.417. The van der Waals surface area contributed by atoms with E-state index in [9.17, 15) is 18.9 Å². The van der Waals surface area contributed by atoms with Gasteiger partial charge in [-0.05, 0) is 98.1 Å². The largest absolute Gasteiger partial charge is 0.497 e. The van der Waals surface area contributed by atoms with Crippen LogP contribution < -0.4 is 9.46 Å². The minimum atomic E-state index is -1.67. The number of fused-ring (bicyclic) bond motifs is 5. The highest BCUT2D eigenvalue weighted by Crippen LogP contribution is 2.48. The van der Waals surface area contributed by atoms with Crippen LogP contribution in [0.1, 0.15) is 107 Å². The molecule has 0 spiro atoms. The summed E-state index contributed by atoms with van der Waals surface area (Å²) in [6.07, 6.45) is 10.8. The molecule has 0 radical (unpaired) electrons. The molecule has 1 atom stereocenters. The minimum Gasteiger partial charge on any atom is -0.497 e. The van der Waals surface area contributed by atoms with Gasteiger partial charge in [0.2, 0.25) is 0 Å². The van der Waals surface area contributed by atoms with Gasteiger partial charge in [-0.15, -0.1) is 0 Å². The Kier molecular flexibility index (Phi) is 8.30. The van der Waals surface area contributed by atoms with Crippen LogP contribution in [0.3, 0.4) is 0 Å². The molecular weight excluding hydrogens is 614 g/mol. The predicted molar refractivity (Wildman–Crippen MR) is 184 cm³/mol. The zero-order chi connectivity index (χ0) is 33.0. The summed E-state index contributed by atoms with van der Waals surface area (Å²) >= 11 is -1.67. The monoisotopic (exact) mass is 655 g/mol. The van der Waals surface area contributed by atoms with Crippen molar-refractivity contribution < 1.29 is 23.6 Å². The molecule has 2 fully saturated rings. The van der Waals surface area contributed by atoms with E-state index in [4.69, 9.17) is 9.84 Å². The summed E-state index contributed by atoms with van der Waals surface area (Å²) in [6.45, 7) is 2.17. The molecule has 0 saturated heterocycles. The zero-order valence-corrected chi connectivity index (χ0v) is 28.2. The lowest BCUT2D eigenvalue weighted by Crippen LogP contribution is -2.34. The Morgan fingerprint density at radius 3 is 2.45 bits per heavy atom. The van der Waals surface area contributed by atoms with Crippen molar-refractivity contribution in [2.75, 3.05) is 21.2 Å². The molecule has 2 aromatic carbocycles. The molecule has 3 heterocycles. The number of benzene rings is 2. The molecule has 11 heteroatoms. The number of nitrogens with zero attached hydrogens (tertiary/aromatic N) is 4. The number of hydrogen-bond acceptors (Lipinski definition) is 5. The Hall–Kier alpha value is -4.22. The van der Waals surface area contributed by atoms with E-state index < -0.39 is 23.0 Å². The highest BCUT2D eigenvalue weighted by Gasteiger charge is 2.34. The quantitative estimate of drug-likeness (QED) is 0.218. The van der Waals surface area contributed by atoms with Gasteiger partial charge >= 0.3 is 5.97 Å². The number of amides is 1. The molecule has 2 N–H and O–H groups in total. The number of methoxy groups -OCH3 is 1. The second-order valence-electron chi connectivity index (χ2n) is 13.2. The van der Waals surface area contributed by atoms with Crippen molar-refractivity contribution in [3.8, 4) is 17.0 Å². The van der Waals surface area contributed by atoms with Crippen molar-refractivity contribution >= 4 is 45.6 Å². The van der Waals surface area contributed by atoms with Crippen LogP contribution in [0.2, 0.25) is 0 Å². The molecule has 0 bridgehead atoms. The van der Waals surface area contributed by atoms with Crippen LogP contribution in [0.15, 0.2) is 36.4 Å². The van der Waals surface area contributed by atoms with Crippen molar-refractivity contribution in [3.05, 3.63) is 70.0 Å². The average molecular weight is 656 g/mol. The predicted octanol–water partition coefficient (Wildman–Crippen LogP) is 6.72. The molecule has 47 heavy (non-hydrogen) atoms. The Morgan fingerprint density at radius 2 is 1.79 bits per heavy atom. The number of ether oxygens (including phenoxy) is 1. The summed E-state index contributed by atoms with van der Waals surface area (Å²) in [4.78, 5) is 26.1. The molecule has 2 saturated carbocycles. The lowest BCUT2D eigenvalue weighted by Gasteiger charge is -2.28.